The molecule has 2 aliphatic rings. The number of carbonyl (C=O) groups excluding carboxylic acids is 10. The van der Waals surface area contributed by atoms with Crippen LogP contribution < -0.4 is 15.4 Å². The van der Waals surface area contributed by atoms with Crippen molar-refractivity contribution in [1.82, 2.24) is 15.6 Å². The average molecular weight is 1030 g/mol. The van der Waals surface area contributed by atoms with Crippen LogP contribution in [-0.4, -0.2) is 143 Å². The van der Waals surface area contributed by atoms with E-state index in [0.717, 1.165) is 0 Å². The number of pyridine rings is 1. The van der Waals surface area contributed by atoms with Gasteiger partial charge >= 0.3 is 53.8 Å². The fraction of sp³-hybridized carbons (Fsp3) is 0.688. The van der Waals surface area contributed by atoms with Gasteiger partial charge in [0.1, 0.15) is 54.1 Å². The normalized spacial score (nSPS) is 23.1. The Labute approximate surface area is 418 Å². The molecular formula is C48H71N3O21. The van der Waals surface area contributed by atoms with Gasteiger partial charge in [0.25, 0.3) is 5.91 Å². The number of alkyl carbamates (subject to hydrolysis) is 1. The smallest absolute Gasteiger partial charge is 0.408 e. The highest BCUT2D eigenvalue weighted by molar-refractivity contribution is 5.98. The third-order valence-electron chi connectivity index (χ3n) is 9.66. The van der Waals surface area contributed by atoms with Crippen molar-refractivity contribution in [3.05, 3.63) is 18.0 Å². The van der Waals surface area contributed by atoms with E-state index in [9.17, 15) is 53.1 Å². The van der Waals surface area contributed by atoms with E-state index in [-0.39, 0.29) is 5.75 Å². The molecule has 2 fully saturated rings. The van der Waals surface area contributed by atoms with E-state index in [2.05, 4.69) is 15.6 Å². The number of nitrogens with one attached hydrogen (secondary N) is 2. The van der Waals surface area contributed by atoms with E-state index >= 15 is 0 Å². The van der Waals surface area contributed by atoms with Crippen molar-refractivity contribution in [1.29, 1.82) is 0 Å². The zero-order chi connectivity index (χ0) is 55.2. The minimum Gasteiger partial charge on any atom is -0.503 e. The maximum Gasteiger partial charge on any atom is 0.408 e. The van der Waals surface area contributed by atoms with Crippen LogP contribution in [0.1, 0.15) is 127 Å². The molecule has 2 amide bonds. The Hall–Kier alpha value is -6.75. The van der Waals surface area contributed by atoms with Gasteiger partial charge in [-0.25, -0.2) is 19.4 Å². The third kappa shape index (κ3) is 20.2. The quantitative estimate of drug-likeness (QED) is 0.199. The molecule has 2 saturated heterocycles. The molecule has 404 valence electrons. The SMILES string of the molecule is CC(C)C(=O)O[C@H]1[C@H](C)OC(=O)[C@@H](NC(=O)OC(C)(C)C)COC(=O)[C@@H]1CC(=O)OC(C)(C)C.COc1ccnc(C(=O)N[C@H]2COC(=O)[C@H](CC(=O)OC(C)(C)C)[C@@H](OC(=O)C(C)C)[C@H](C)OC2=O)c1O. The maximum absolute atomic E-state index is 13.1. The monoisotopic (exact) mass is 1030 g/mol. The van der Waals surface area contributed by atoms with Crippen LogP contribution in [0.5, 0.6) is 11.5 Å². The standard InChI is InChI=1S/C25H34N2O11.C23H37NO10/c1-12(2)22(31)37-20-13(3)36-24(33)15(27-21(30)18-19(29)16(34-7)8-9-26-18)11-35-23(32)14(20)10-17(28)38-25(4,5)6;1-12(2)18(26)32-17-13(3)31-20(28)15(24-21(29)34-23(7,8)9)11-30-19(27)14(17)10-16(25)33-22(4,5)6/h8-9,12-15,20,29H,10-11H2,1-7H3,(H,27,30);12-15,17H,10-11H2,1-9H3,(H,24,29)/t13-,14+,15-,20-;13-,14+,15-,17-/m00/s1. The van der Waals surface area contributed by atoms with Crippen molar-refractivity contribution < 1.29 is 100 Å². The first-order chi connectivity index (χ1) is 33.0. The number of methoxy groups -OCH3 is 1. The van der Waals surface area contributed by atoms with Crippen LogP contribution in [0.3, 0.4) is 0 Å². The van der Waals surface area contributed by atoms with Gasteiger partial charge in [0.2, 0.25) is 0 Å². The molecule has 0 unspecified atom stereocenters. The molecule has 1 aromatic heterocycles. The van der Waals surface area contributed by atoms with Gasteiger partial charge in [-0.1, -0.05) is 27.7 Å². The number of aromatic nitrogens is 1. The number of esters is 8. The van der Waals surface area contributed by atoms with Crippen LogP contribution in [0.25, 0.3) is 0 Å². The van der Waals surface area contributed by atoms with Crippen LogP contribution >= 0.6 is 0 Å². The van der Waals surface area contributed by atoms with Crippen molar-refractivity contribution in [3.8, 4) is 11.5 Å². The largest absolute Gasteiger partial charge is 0.503 e. The number of hydrogen-bond acceptors (Lipinski definition) is 22. The lowest BCUT2D eigenvalue weighted by molar-refractivity contribution is -0.180. The minimum absolute atomic E-state index is 0.0259. The zero-order valence-electron chi connectivity index (χ0n) is 43.8. The Morgan fingerprint density at radius 3 is 1.40 bits per heavy atom. The predicted molar refractivity (Wildman–Crippen MR) is 247 cm³/mol. The number of rotatable bonds is 12. The fourth-order valence-corrected chi connectivity index (χ4v) is 6.33. The zero-order valence-corrected chi connectivity index (χ0v) is 43.8. The first-order valence-corrected chi connectivity index (χ1v) is 23.1. The van der Waals surface area contributed by atoms with E-state index in [4.69, 9.17) is 47.4 Å². The molecule has 3 heterocycles. The van der Waals surface area contributed by atoms with Gasteiger partial charge in [0.15, 0.2) is 41.5 Å². The van der Waals surface area contributed by atoms with Crippen molar-refractivity contribution in [3.63, 3.8) is 0 Å². The molecule has 0 aromatic carbocycles. The number of ether oxygens (including phenoxy) is 10. The molecule has 3 rings (SSSR count). The summed E-state index contributed by atoms with van der Waals surface area (Å²) in [7, 11) is 1.28. The van der Waals surface area contributed by atoms with Crippen molar-refractivity contribution >= 4 is 59.8 Å². The molecule has 0 saturated carbocycles. The van der Waals surface area contributed by atoms with Crippen molar-refractivity contribution in [2.24, 2.45) is 23.7 Å². The molecule has 1 aromatic rings. The lowest BCUT2D eigenvalue weighted by Gasteiger charge is -2.30. The molecule has 3 N–H and O–H groups in total. The lowest BCUT2D eigenvalue weighted by Crippen LogP contribution is -2.48. The number of cyclic esters (lactones) is 4. The van der Waals surface area contributed by atoms with E-state index in [0.29, 0.717) is 0 Å². The van der Waals surface area contributed by atoms with Gasteiger partial charge in [0, 0.05) is 12.3 Å². The Morgan fingerprint density at radius 1 is 0.653 bits per heavy atom. The van der Waals surface area contributed by atoms with Crippen molar-refractivity contribution in [2.75, 3.05) is 20.3 Å². The van der Waals surface area contributed by atoms with E-state index in [1.807, 2.05) is 0 Å². The second-order valence-electron chi connectivity index (χ2n) is 20.4. The Morgan fingerprint density at radius 2 is 1.04 bits per heavy atom. The second-order valence-corrected chi connectivity index (χ2v) is 20.4. The topological polar surface area (TPSA) is 320 Å². The van der Waals surface area contributed by atoms with E-state index < -0.39 is 174 Å². The molecule has 0 aliphatic carbocycles. The van der Waals surface area contributed by atoms with Gasteiger partial charge in [-0.15, -0.1) is 0 Å². The first-order valence-electron chi connectivity index (χ1n) is 23.1. The Bertz CT molecular complexity index is 2140. The molecular weight excluding hydrogens is 955 g/mol. The summed E-state index contributed by atoms with van der Waals surface area (Å²) in [4.78, 5) is 130. The number of carbonyl (C=O) groups is 10. The van der Waals surface area contributed by atoms with Gasteiger partial charge in [-0.2, -0.15) is 0 Å². The van der Waals surface area contributed by atoms with Crippen LogP contribution in [0, 0.1) is 23.7 Å². The number of amides is 2. The molecule has 2 aliphatic heterocycles. The highest BCUT2D eigenvalue weighted by Gasteiger charge is 2.46. The van der Waals surface area contributed by atoms with Gasteiger partial charge in [0.05, 0.1) is 31.8 Å². The average Bonchev–Trinajstić information content (AvgIpc) is 3.28. The van der Waals surface area contributed by atoms with E-state index in [1.165, 1.54) is 33.2 Å². The minimum atomic E-state index is -1.51. The molecule has 24 nitrogen and oxygen atoms in total. The summed E-state index contributed by atoms with van der Waals surface area (Å²) in [5, 5.41) is 14.8. The van der Waals surface area contributed by atoms with Crippen LogP contribution in [0.15, 0.2) is 12.3 Å². The first kappa shape index (κ1) is 61.4. The molecule has 0 bridgehead atoms. The predicted octanol–water partition coefficient (Wildman–Crippen LogP) is 3.58. The summed E-state index contributed by atoms with van der Waals surface area (Å²) >= 11 is 0. The molecule has 0 radical (unpaired) electrons. The molecule has 8 atom stereocenters. The van der Waals surface area contributed by atoms with Crippen molar-refractivity contribution in [2.45, 2.75) is 170 Å². The highest BCUT2D eigenvalue weighted by Crippen LogP contribution is 2.29. The second kappa shape index (κ2) is 26.1. The summed E-state index contributed by atoms with van der Waals surface area (Å²) < 4.78 is 53.0. The number of hydrogen-bond donors (Lipinski definition) is 3. The van der Waals surface area contributed by atoms with Gasteiger partial charge in [-0.05, 0) is 76.2 Å². The highest BCUT2D eigenvalue weighted by atomic mass is 16.6. The lowest BCUT2D eigenvalue weighted by atomic mass is 9.94. The molecule has 0 spiro atoms. The number of aromatic hydroxyl groups is 1. The van der Waals surface area contributed by atoms with Gasteiger partial charge < -0.3 is 63.1 Å². The summed E-state index contributed by atoms with van der Waals surface area (Å²) in [6.45, 7) is 22.8. The van der Waals surface area contributed by atoms with E-state index in [1.54, 1.807) is 90.0 Å². The molecule has 72 heavy (non-hydrogen) atoms. The Kier molecular flexibility index (Phi) is 22.2. The van der Waals surface area contributed by atoms with Crippen LogP contribution in [0.2, 0.25) is 0 Å². The summed E-state index contributed by atoms with van der Waals surface area (Å²) in [6.07, 6.45) is -5.75. The summed E-state index contributed by atoms with van der Waals surface area (Å²) in [5.41, 5.74) is -2.94. The number of nitrogens with zero attached hydrogens (tertiary/aromatic N) is 1. The third-order valence-corrected chi connectivity index (χ3v) is 9.66. The van der Waals surface area contributed by atoms with Gasteiger partial charge in [-0.3, -0.25) is 33.6 Å². The summed E-state index contributed by atoms with van der Waals surface area (Å²) in [5.74, 6) is -12.0. The van der Waals surface area contributed by atoms with Crippen LogP contribution in [0.4, 0.5) is 4.79 Å². The van der Waals surface area contributed by atoms with Crippen LogP contribution in [-0.2, 0) is 81.0 Å². The fourth-order valence-electron chi connectivity index (χ4n) is 6.33. The summed E-state index contributed by atoms with van der Waals surface area (Å²) in [6, 6.07) is -1.56. The maximum atomic E-state index is 13.1. The Balaban J connectivity index is 0.000000497. The molecule has 24 heteroatoms.